The van der Waals surface area contributed by atoms with Crippen molar-refractivity contribution in [1.29, 1.82) is 0 Å². The number of hydrogen-bond donors (Lipinski definition) is 3. The zero-order valence-electron chi connectivity index (χ0n) is 8.89. The number of carbonyl (C=O) groups excluding carboxylic acids is 1. The lowest BCUT2D eigenvalue weighted by atomic mass is 10.1. The Morgan fingerprint density at radius 2 is 2.12 bits per heavy atom. The maximum absolute atomic E-state index is 11.5. The van der Waals surface area contributed by atoms with Crippen molar-refractivity contribution in [3.05, 3.63) is 34.3 Å². The lowest BCUT2D eigenvalue weighted by Gasteiger charge is -2.11. The highest BCUT2D eigenvalue weighted by Gasteiger charge is 2.18. The monoisotopic (exact) mass is 301 g/mol. The quantitative estimate of drug-likeness (QED) is 0.741. The fraction of sp³-hybridized carbons (Fsp3) is 0.273. The first-order valence-corrected chi connectivity index (χ1v) is 5.69. The van der Waals surface area contributed by atoms with Crippen LogP contribution >= 0.6 is 15.9 Å². The number of aliphatic hydroxyl groups is 1. The minimum absolute atomic E-state index is 0.0726. The Labute approximate surface area is 107 Å². The Kier molecular flexibility index (Phi) is 5.11. The molecular formula is C11H12BrNO4. The van der Waals surface area contributed by atoms with Crippen molar-refractivity contribution >= 4 is 27.8 Å². The first-order valence-electron chi connectivity index (χ1n) is 4.90. The maximum Gasteiger partial charge on any atom is 0.328 e. The van der Waals surface area contributed by atoms with Gasteiger partial charge in [-0.25, -0.2) is 4.79 Å². The van der Waals surface area contributed by atoms with Crippen molar-refractivity contribution in [2.75, 3.05) is 6.61 Å². The Bertz CT molecular complexity index is 422. The second-order valence-corrected chi connectivity index (χ2v) is 4.36. The minimum Gasteiger partial charge on any atom is -0.480 e. The lowest BCUT2D eigenvalue weighted by Crippen LogP contribution is -2.43. The van der Waals surface area contributed by atoms with Crippen molar-refractivity contribution < 1.29 is 19.8 Å². The highest BCUT2D eigenvalue weighted by molar-refractivity contribution is 9.10. The molecule has 0 radical (unpaired) electrons. The summed E-state index contributed by atoms with van der Waals surface area (Å²) in [5.41, 5.74) is 0.763. The van der Waals surface area contributed by atoms with Crippen LogP contribution in [0.5, 0.6) is 0 Å². The van der Waals surface area contributed by atoms with E-state index in [9.17, 15) is 9.59 Å². The standard InChI is InChI=1S/C11H12BrNO4/c12-8-3-1-2-7(4-8)5-10(15)13-9(6-14)11(16)17/h1-4,9,14H,5-6H2,(H,13,15)(H,16,17)/t9-/m1/s1. The Morgan fingerprint density at radius 1 is 1.41 bits per heavy atom. The van der Waals surface area contributed by atoms with Crippen molar-refractivity contribution in [2.45, 2.75) is 12.5 Å². The second kappa shape index (κ2) is 6.36. The molecule has 0 aromatic heterocycles. The van der Waals surface area contributed by atoms with Crippen molar-refractivity contribution in [3.63, 3.8) is 0 Å². The van der Waals surface area contributed by atoms with Gasteiger partial charge in [0, 0.05) is 4.47 Å². The number of nitrogens with one attached hydrogen (secondary N) is 1. The summed E-state index contributed by atoms with van der Waals surface area (Å²) >= 11 is 3.27. The average molecular weight is 302 g/mol. The van der Waals surface area contributed by atoms with E-state index in [4.69, 9.17) is 10.2 Å². The number of carbonyl (C=O) groups is 2. The second-order valence-electron chi connectivity index (χ2n) is 3.45. The summed E-state index contributed by atoms with van der Waals surface area (Å²) in [5, 5.41) is 19.6. The normalized spacial score (nSPS) is 11.9. The zero-order chi connectivity index (χ0) is 12.8. The molecule has 5 nitrogen and oxygen atoms in total. The van der Waals surface area contributed by atoms with Gasteiger partial charge >= 0.3 is 5.97 Å². The Hall–Kier alpha value is -1.40. The fourth-order valence-corrected chi connectivity index (χ4v) is 1.71. The van der Waals surface area contributed by atoms with Crippen molar-refractivity contribution in [1.82, 2.24) is 5.32 Å². The van der Waals surface area contributed by atoms with Crippen molar-refractivity contribution in [3.8, 4) is 0 Å². The Balaban J connectivity index is 2.58. The molecule has 3 N–H and O–H groups in total. The molecule has 92 valence electrons. The molecule has 0 aliphatic rings. The third-order valence-electron chi connectivity index (χ3n) is 2.07. The van der Waals surface area contributed by atoms with Gasteiger partial charge in [0.1, 0.15) is 6.04 Å². The van der Waals surface area contributed by atoms with Gasteiger partial charge in [-0.1, -0.05) is 28.1 Å². The van der Waals surface area contributed by atoms with Crippen LogP contribution < -0.4 is 5.32 Å². The summed E-state index contributed by atoms with van der Waals surface area (Å²) in [4.78, 5) is 22.1. The van der Waals surface area contributed by atoms with Crippen LogP contribution in [-0.4, -0.2) is 34.7 Å². The van der Waals surface area contributed by atoms with Crippen LogP contribution in [0.1, 0.15) is 5.56 Å². The number of benzene rings is 1. The molecule has 0 spiro atoms. The number of hydrogen-bond acceptors (Lipinski definition) is 3. The molecule has 1 rings (SSSR count). The molecule has 1 atom stereocenters. The number of halogens is 1. The molecule has 0 heterocycles. The van der Waals surface area contributed by atoms with E-state index < -0.39 is 24.5 Å². The third kappa shape index (κ3) is 4.54. The summed E-state index contributed by atoms with van der Waals surface area (Å²) in [6.07, 6.45) is 0.0726. The molecular weight excluding hydrogens is 290 g/mol. The van der Waals surface area contributed by atoms with Gasteiger partial charge in [-0.2, -0.15) is 0 Å². The molecule has 0 saturated carbocycles. The summed E-state index contributed by atoms with van der Waals surface area (Å²) in [7, 11) is 0. The number of amides is 1. The van der Waals surface area contributed by atoms with E-state index in [0.29, 0.717) is 0 Å². The van der Waals surface area contributed by atoms with Gasteiger partial charge in [-0.05, 0) is 17.7 Å². The summed E-state index contributed by atoms with van der Waals surface area (Å²) in [5.74, 6) is -1.69. The number of carboxylic acids is 1. The van der Waals surface area contributed by atoms with Crippen LogP contribution in [0.4, 0.5) is 0 Å². The van der Waals surface area contributed by atoms with Gasteiger partial charge in [0.05, 0.1) is 13.0 Å². The number of aliphatic hydroxyl groups excluding tert-OH is 1. The van der Waals surface area contributed by atoms with E-state index in [1.807, 2.05) is 6.07 Å². The van der Waals surface area contributed by atoms with Gasteiger partial charge in [-0.3, -0.25) is 4.79 Å². The molecule has 6 heteroatoms. The van der Waals surface area contributed by atoms with E-state index in [1.165, 1.54) is 0 Å². The van der Waals surface area contributed by atoms with Gasteiger partial charge < -0.3 is 15.5 Å². The van der Waals surface area contributed by atoms with Crippen LogP contribution in [0.25, 0.3) is 0 Å². The first-order chi connectivity index (χ1) is 8.02. The SMILES string of the molecule is O=C(Cc1cccc(Br)c1)N[C@H](CO)C(=O)O. The van der Waals surface area contributed by atoms with Crippen LogP contribution in [0.3, 0.4) is 0 Å². The van der Waals surface area contributed by atoms with E-state index in [0.717, 1.165) is 10.0 Å². The third-order valence-corrected chi connectivity index (χ3v) is 2.56. The van der Waals surface area contributed by atoms with Crippen LogP contribution in [0.15, 0.2) is 28.7 Å². The maximum atomic E-state index is 11.5. The number of carboxylic acid groups (broad SMARTS) is 1. The molecule has 0 aliphatic heterocycles. The predicted octanol–water partition coefficient (Wildman–Crippen LogP) is 0.553. The highest BCUT2D eigenvalue weighted by Crippen LogP contribution is 2.11. The summed E-state index contributed by atoms with van der Waals surface area (Å²) in [6.45, 7) is -0.625. The summed E-state index contributed by atoms with van der Waals surface area (Å²) < 4.78 is 0.847. The minimum atomic E-state index is -1.25. The molecule has 17 heavy (non-hydrogen) atoms. The van der Waals surface area contributed by atoms with Crippen LogP contribution in [-0.2, 0) is 16.0 Å². The fourth-order valence-electron chi connectivity index (χ4n) is 1.26. The van der Waals surface area contributed by atoms with Gasteiger partial charge in [-0.15, -0.1) is 0 Å². The number of rotatable bonds is 5. The van der Waals surface area contributed by atoms with Crippen molar-refractivity contribution in [2.24, 2.45) is 0 Å². The molecule has 1 aromatic rings. The van der Waals surface area contributed by atoms with E-state index in [-0.39, 0.29) is 6.42 Å². The molecule has 0 aliphatic carbocycles. The van der Waals surface area contributed by atoms with Gasteiger partial charge in [0.25, 0.3) is 0 Å². The molecule has 0 saturated heterocycles. The molecule has 1 amide bonds. The van der Waals surface area contributed by atoms with E-state index >= 15 is 0 Å². The first kappa shape index (κ1) is 13.7. The zero-order valence-corrected chi connectivity index (χ0v) is 10.5. The number of aliphatic carboxylic acids is 1. The lowest BCUT2D eigenvalue weighted by molar-refractivity contribution is -0.142. The van der Waals surface area contributed by atoms with E-state index in [2.05, 4.69) is 21.2 Å². The summed E-state index contributed by atoms with van der Waals surface area (Å²) in [6, 6.07) is 5.89. The molecule has 0 bridgehead atoms. The average Bonchev–Trinajstić information content (AvgIpc) is 2.25. The smallest absolute Gasteiger partial charge is 0.328 e. The van der Waals surface area contributed by atoms with Crippen LogP contribution in [0, 0.1) is 0 Å². The Morgan fingerprint density at radius 3 is 2.65 bits per heavy atom. The molecule has 0 fully saturated rings. The van der Waals surface area contributed by atoms with Gasteiger partial charge in [0.2, 0.25) is 5.91 Å². The molecule has 0 unspecified atom stereocenters. The van der Waals surface area contributed by atoms with Crippen LogP contribution in [0.2, 0.25) is 0 Å². The van der Waals surface area contributed by atoms with Gasteiger partial charge in [0.15, 0.2) is 0 Å². The highest BCUT2D eigenvalue weighted by atomic mass is 79.9. The topological polar surface area (TPSA) is 86.6 Å². The largest absolute Gasteiger partial charge is 0.480 e. The van der Waals surface area contributed by atoms with E-state index in [1.54, 1.807) is 18.2 Å². The molecule has 1 aromatic carbocycles. The predicted molar refractivity (Wildman–Crippen MR) is 64.5 cm³/mol.